The molecule has 1 aliphatic heterocycles. The molecule has 19 heavy (non-hydrogen) atoms. The Bertz CT molecular complexity index is 312. The van der Waals surface area contributed by atoms with E-state index in [-0.39, 0.29) is 0 Å². The first-order valence-corrected chi connectivity index (χ1v) is 7.22. The molecule has 0 aromatic carbocycles. The predicted molar refractivity (Wildman–Crippen MR) is 82.7 cm³/mol. The van der Waals surface area contributed by atoms with E-state index in [1.165, 1.54) is 0 Å². The summed E-state index contributed by atoms with van der Waals surface area (Å²) in [6, 6.07) is 7.29. The fraction of sp³-hybridized carbons (Fsp3) is 0.667. The van der Waals surface area contributed by atoms with Crippen molar-refractivity contribution in [2.45, 2.75) is 39.8 Å². The molecule has 0 radical (unpaired) electrons. The molecular weight excluding hydrogens is 236 g/mol. The van der Waals surface area contributed by atoms with Crippen molar-refractivity contribution in [1.29, 1.82) is 0 Å². The molecule has 2 heterocycles. The summed E-state index contributed by atoms with van der Waals surface area (Å²) in [5, 5.41) is 6.62. The molecule has 0 saturated carbocycles. The number of hydrogen-bond acceptors (Lipinski definition) is 4. The van der Waals surface area contributed by atoms with Crippen molar-refractivity contribution in [3.05, 3.63) is 24.4 Å². The van der Waals surface area contributed by atoms with E-state index in [1.807, 2.05) is 18.3 Å². The lowest BCUT2D eigenvalue weighted by molar-refractivity contribution is 0.518. The van der Waals surface area contributed by atoms with E-state index < -0.39 is 0 Å². The number of piperazine rings is 1. The lowest BCUT2D eigenvalue weighted by Gasteiger charge is -2.28. The molecule has 4 nitrogen and oxygen atoms in total. The Kier molecular flexibility index (Phi) is 7.45. The molecule has 1 saturated heterocycles. The standard InChI is InChI=1S/C9H13N3.C6H15N/c1-2-4-11-9(3-1)12-7-5-10-6-8-12;1-5(2)7-6(3)4/h1-4,10H,5-8H2;5-7H,1-4H3. The number of nitrogens with one attached hydrogen (secondary N) is 2. The van der Waals surface area contributed by atoms with Crippen LogP contribution < -0.4 is 15.5 Å². The second kappa shape index (κ2) is 8.88. The SMILES string of the molecule is CC(C)NC(C)C.c1ccc(N2CCNCC2)nc1. The number of aromatic nitrogens is 1. The summed E-state index contributed by atoms with van der Waals surface area (Å²) >= 11 is 0. The maximum Gasteiger partial charge on any atom is 0.128 e. The second-order valence-corrected chi connectivity index (χ2v) is 5.40. The maximum absolute atomic E-state index is 4.30. The van der Waals surface area contributed by atoms with E-state index in [2.05, 4.69) is 54.3 Å². The third-order valence-corrected chi connectivity index (χ3v) is 2.76. The molecule has 0 unspecified atom stereocenters. The Morgan fingerprint density at radius 2 is 1.74 bits per heavy atom. The molecule has 0 amide bonds. The quantitative estimate of drug-likeness (QED) is 0.874. The Morgan fingerprint density at radius 3 is 2.16 bits per heavy atom. The van der Waals surface area contributed by atoms with Gasteiger partial charge in [-0.2, -0.15) is 0 Å². The van der Waals surface area contributed by atoms with Crippen LogP contribution in [0.5, 0.6) is 0 Å². The van der Waals surface area contributed by atoms with Gasteiger partial charge in [-0.15, -0.1) is 0 Å². The third-order valence-electron chi connectivity index (χ3n) is 2.76. The van der Waals surface area contributed by atoms with Gasteiger partial charge in [0.25, 0.3) is 0 Å². The molecule has 2 rings (SSSR count). The number of nitrogens with zero attached hydrogens (tertiary/aromatic N) is 2. The first-order chi connectivity index (χ1) is 9.09. The van der Waals surface area contributed by atoms with Crippen LogP contribution in [0.25, 0.3) is 0 Å². The third kappa shape index (κ3) is 7.13. The second-order valence-electron chi connectivity index (χ2n) is 5.40. The topological polar surface area (TPSA) is 40.2 Å². The van der Waals surface area contributed by atoms with Gasteiger partial charge >= 0.3 is 0 Å². The van der Waals surface area contributed by atoms with Crippen LogP contribution in [0.3, 0.4) is 0 Å². The lowest BCUT2D eigenvalue weighted by atomic mass is 10.3. The molecule has 1 aromatic heterocycles. The van der Waals surface area contributed by atoms with E-state index in [0.29, 0.717) is 12.1 Å². The molecule has 1 aliphatic rings. The van der Waals surface area contributed by atoms with E-state index in [9.17, 15) is 0 Å². The summed E-state index contributed by atoms with van der Waals surface area (Å²) in [5.41, 5.74) is 0. The van der Waals surface area contributed by atoms with E-state index >= 15 is 0 Å². The van der Waals surface area contributed by atoms with Crippen LogP contribution in [0.15, 0.2) is 24.4 Å². The molecule has 1 fully saturated rings. The molecule has 2 N–H and O–H groups in total. The van der Waals surface area contributed by atoms with Crippen LogP contribution in [0.2, 0.25) is 0 Å². The van der Waals surface area contributed by atoms with Crippen molar-refractivity contribution in [3.63, 3.8) is 0 Å². The minimum absolute atomic E-state index is 0.625. The van der Waals surface area contributed by atoms with Crippen LogP contribution in [0.4, 0.5) is 5.82 Å². The van der Waals surface area contributed by atoms with E-state index in [1.54, 1.807) is 0 Å². The van der Waals surface area contributed by atoms with Crippen LogP contribution >= 0.6 is 0 Å². The first kappa shape index (κ1) is 15.9. The van der Waals surface area contributed by atoms with Crippen molar-refractivity contribution >= 4 is 5.82 Å². The zero-order chi connectivity index (χ0) is 14.1. The lowest BCUT2D eigenvalue weighted by Crippen LogP contribution is -2.43. The van der Waals surface area contributed by atoms with Crippen molar-refractivity contribution in [2.75, 3.05) is 31.1 Å². The van der Waals surface area contributed by atoms with Gasteiger partial charge in [0, 0.05) is 44.5 Å². The monoisotopic (exact) mass is 264 g/mol. The van der Waals surface area contributed by atoms with E-state index in [0.717, 1.165) is 32.0 Å². The van der Waals surface area contributed by atoms with Crippen LogP contribution in [0, 0.1) is 0 Å². The number of hydrogen-bond donors (Lipinski definition) is 2. The maximum atomic E-state index is 4.30. The van der Waals surface area contributed by atoms with Crippen LogP contribution in [-0.2, 0) is 0 Å². The highest BCUT2D eigenvalue weighted by atomic mass is 15.2. The molecule has 4 heteroatoms. The van der Waals surface area contributed by atoms with Crippen molar-refractivity contribution < 1.29 is 0 Å². The first-order valence-electron chi connectivity index (χ1n) is 7.22. The van der Waals surface area contributed by atoms with Gasteiger partial charge < -0.3 is 15.5 Å². The highest BCUT2D eigenvalue weighted by Gasteiger charge is 2.09. The summed E-state index contributed by atoms with van der Waals surface area (Å²) < 4.78 is 0. The van der Waals surface area contributed by atoms with Gasteiger partial charge in [-0.25, -0.2) is 4.98 Å². The summed E-state index contributed by atoms with van der Waals surface area (Å²) in [4.78, 5) is 6.60. The molecule has 108 valence electrons. The van der Waals surface area contributed by atoms with Gasteiger partial charge in [0.05, 0.1) is 0 Å². The zero-order valence-electron chi connectivity index (χ0n) is 12.7. The highest BCUT2D eigenvalue weighted by Crippen LogP contribution is 2.08. The van der Waals surface area contributed by atoms with Gasteiger partial charge in [-0.05, 0) is 12.1 Å². The van der Waals surface area contributed by atoms with E-state index in [4.69, 9.17) is 0 Å². The van der Waals surface area contributed by atoms with Crippen LogP contribution in [0.1, 0.15) is 27.7 Å². The molecule has 0 bridgehead atoms. The molecule has 1 aromatic rings. The fourth-order valence-electron chi connectivity index (χ4n) is 2.10. The highest BCUT2D eigenvalue weighted by molar-refractivity contribution is 5.38. The summed E-state index contributed by atoms with van der Waals surface area (Å²) in [7, 11) is 0. The van der Waals surface area contributed by atoms with Crippen molar-refractivity contribution in [2.24, 2.45) is 0 Å². The molecule has 0 spiro atoms. The fourth-order valence-corrected chi connectivity index (χ4v) is 2.10. The van der Waals surface area contributed by atoms with Crippen molar-refractivity contribution in [3.8, 4) is 0 Å². The smallest absolute Gasteiger partial charge is 0.128 e. The summed E-state index contributed by atoms with van der Waals surface area (Å²) in [6.45, 7) is 12.9. The molecule has 0 atom stereocenters. The van der Waals surface area contributed by atoms with Crippen LogP contribution in [-0.4, -0.2) is 43.2 Å². The van der Waals surface area contributed by atoms with Gasteiger partial charge in [-0.1, -0.05) is 33.8 Å². The number of anilines is 1. The number of rotatable bonds is 3. The summed E-state index contributed by atoms with van der Waals surface area (Å²) in [6.07, 6.45) is 1.84. The van der Waals surface area contributed by atoms with Gasteiger partial charge in [0.15, 0.2) is 0 Å². The Hall–Kier alpha value is -1.13. The van der Waals surface area contributed by atoms with Gasteiger partial charge in [-0.3, -0.25) is 0 Å². The Morgan fingerprint density at radius 1 is 1.11 bits per heavy atom. The average molecular weight is 264 g/mol. The van der Waals surface area contributed by atoms with Crippen molar-refractivity contribution in [1.82, 2.24) is 15.6 Å². The molecule has 0 aliphatic carbocycles. The Balaban J connectivity index is 0.000000224. The predicted octanol–water partition coefficient (Wildman–Crippen LogP) is 1.88. The summed E-state index contributed by atoms with van der Waals surface area (Å²) in [5.74, 6) is 1.10. The minimum Gasteiger partial charge on any atom is -0.354 e. The zero-order valence-corrected chi connectivity index (χ0v) is 12.7. The van der Waals surface area contributed by atoms with Gasteiger partial charge in [0.2, 0.25) is 0 Å². The number of pyridine rings is 1. The minimum atomic E-state index is 0.625. The Labute approximate surface area is 117 Å². The molecular formula is C15H28N4. The normalized spacial score (nSPS) is 15.4. The van der Waals surface area contributed by atoms with Gasteiger partial charge in [0.1, 0.15) is 5.82 Å². The average Bonchev–Trinajstić information content (AvgIpc) is 2.40. The largest absolute Gasteiger partial charge is 0.354 e.